The van der Waals surface area contributed by atoms with Crippen LogP contribution < -0.4 is 5.43 Å². The molecule has 0 aromatic heterocycles. The molecule has 0 radical (unpaired) electrons. The van der Waals surface area contributed by atoms with Gasteiger partial charge in [-0.1, -0.05) is 26.2 Å². The molecule has 1 aliphatic rings. The van der Waals surface area contributed by atoms with Crippen molar-refractivity contribution in [2.75, 3.05) is 13.2 Å². The standard InChI is InChI=1S/C7H16N2/c1-2-3-4-5-6-9-7-8-9/h8H,2-7H2,1H3. The molecule has 0 bridgehead atoms. The highest BCUT2D eigenvalue weighted by Crippen LogP contribution is 2.02. The topological polar surface area (TPSA) is 25.0 Å². The molecule has 1 rings (SSSR count). The summed E-state index contributed by atoms with van der Waals surface area (Å²) in [7, 11) is 0. The van der Waals surface area contributed by atoms with Crippen molar-refractivity contribution in [3.8, 4) is 0 Å². The third kappa shape index (κ3) is 3.49. The Balaban J connectivity index is 1.71. The first kappa shape index (κ1) is 7.03. The summed E-state index contributed by atoms with van der Waals surface area (Å²) in [6, 6.07) is 0. The number of nitrogens with zero attached hydrogens (tertiary/aromatic N) is 1. The van der Waals surface area contributed by atoms with Crippen LogP contribution in [-0.4, -0.2) is 18.2 Å². The summed E-state index contributed by atoms with van der Waals surface area (Å²) in [6.45, 7) is 4.61. The monoisotopic (exact) mass is 128 g/mol. The van der Waals surface area contributed by atoms with E-state index in [0.717, 1.165) is 6.67 Å². The maximum atomic E-state index is 3.14. The van der Waals surface area contributed by atoms with Crippen LogP contribution in [0.2, 0.25) is 0 Å². The van der Waals surface area contributed by atoms with Crippen LogP contribution in [0.3, 0.4) is 0 Å². The first-order valence-corrected chi connectivity index (χ1v) is 3.92. The number of nitrogens with one attached hydrogen (secondary N) is 1. The molecule has 0 saturated carbocycles. The summed E-state index contributed by atoms with van der Waals surface area (Å²) in [6.07, 6.45) is 5.50. The molecule has 0 amide bonds. The number of rotatable bonds is 5. The van der Waals surface area contributed by atoms with Gasteiger partial charge in [-0.15, -0.1) is 0 Å². The van der Waals surface area contributed by atoms with Gasteiger partial charge in [0.15, 0.2) is 0 Å². The van der Waals surface area contributed by atoms with Gasteiger partial charge in [-0.05, 0) is 6.42 Å². The minimum Gasteiger partial charge on any atom is -0.238 e. The molecule has 0 aromatic rings. The smallest absolute Gasteiger partial charge is 0.0754 e. The van der Waals surface area contributed by atoms with E-state index in [1.807, 2.05) is 0 Å². The van der Waals surface area contributed by atoms with Crippen LogP contribution in [-0.2, 0) is 0 Å². The zero-order valence-electron chi connectivity index (χ0n) is 6.19. The van der Waals surface area contributed by atoms with Crippen LogP contribution >= 0.6 is 0 Å². The average molecular weight is 128 g/mol. The molecular formula is C7H16N2. The van der Waals surface area contributed by atoms with Gasteiger partial charge in [0.2, 0.25) is 0 Å². The Hall–Kier alpha value is -0.0800. The van der Waals surface area contributed by atoms with Gasteiger partial charge in [0, 0.05) is 6.54 Å². The lowest BCUT2D eigenvalue weighted by molar-refractivity contribution is 0.476. The number of hydrazine groups is 1. The molecule has 0 spiro atoms. The molecule has 1 aliphatic heterocycles. The molecule has 9 heavy (non-hydrogen) atoms. The third-order valence-corrected chi connectivity index (χ3v) is 1.66. The minimum atomic E-state index is 1.12. The maximum absolute atomic E-state index is 3.14. The molecular weight excluding hydrogens is 112 g/mol. The normalized spacial score (nSPS) is 24.3. The SMILES string of the molecule is CCCCCCN1CN1. The van der Waals surface area contributed by atoms with Crippen molar-refractivity contribution >= 4 is 0 Å². The molecule has 1 heterocycles. The Morgan fingerprint density at radius 1 is 1.33 bits per heavy atom. The summed E-state index contributed by atoms with van der Waals surface area (Å²) in [5.41, 5.74) is 3.14. The lowest BCUT2D eigenvalue weighted by Gasteiger charge is -1.96. The molecule has 1 unspecified atom stereocenters. The van der Waals surface area contributed by atoms with Gasteiger partial charge in [0.25, 0.3) is 0 Å². The second-order valence-corrected chi connectivity index (χ2v) is 2.64. The fourth-order valence-corrected chi connectivity index (χ4v) is 0.938. The van der Waals surface area contributed by atoms with Crippen molar-refractivity contribution in [2.24, 2.45) is 0 Å². The molecule has 54 valence electrons. The van der Waals surface area contributed by atoms with Gasteiger partial charge in [0.1, 0.15) is 0 Å². The molecule has 1 atom stereocenters. The van der Waals surface area contributed by atoms with Crippen LogP contribution in [0, 0.1) is 0 Å². The highest BCUT2D eigenvalue weighted by atomic mass is 15.7. The maximum Gasteiger partial charge on any atom is 0.0754 e. The Morgan fingerprint density at radius 3 is 2.67 bits per heavy atom. The van der Waals surface area contributed by atoms with E-state index in [9.17, 15) is 0 Å². The Morgan fingerprint density at radius 2 is 2.11 bits per heavy atom. The van der Waals surface area contributed by atoms with Crippen LogP contribution in [0.1, 0.15) is 32.6 Å². The minimum absolute atomic E-state index is 1.12. The molecule has 0 aliphatic carbocycles. The summed E-state index contributed by atoms with van der Waals surface area (Å²) in [4.78, 5) is 0. The third-order valence-electron chi connectivity index (χ3n) is 1.66. The summed E-state index contributed by atoms with van der Waals surface area (Å²) < 4.78 is 0. The van der Waals surface area contributed by atoms with Crippen molar-refractivity contribution in [1.29, 1.82) is 0 Å². The Labute approximate surface area is 57.2 Å². The molecule has 2 nitrogen and oxygen atoms in total. The quantitative estimate of drug-likeness (QED) is 0.446. The highest BCUT2D eigenvalue weighted by molar-refractivity contribution is 4.59. The lowest BCUT2D eigenvalue weighted by atomic mass is 10.2. The van der Waals surface area contributed by atoms with E-state index in [1.165, 1.54) is 32.2 Å². The fraction of sp³-hybridized carbons (Fsp3) is 1.00. The fourth-order valence-electron chi connectivity index (χ4n) is 0.938. The lowest BCUT2D eigenvalue weighted by Crippen LogP contribution is -2.01. The number of unbranched alkanes of at least 4 members (excludes halogenated alkanes) is 3. The van der Waals surface area contributed by atoms with Gasteiger partial charge in [-0.25, -0.2) is 10.4 Å². The van der Waals surface area contributed by atoms with Crippen LogP contribution in [0.25, 0.3) is 0 Å². The molecule has 1 N–H and O–H groups in total. The van der Waals surface area contributed by atoms with E-state index < -0.39 is 0 Å². The van der Waals surface area contributed by atoms with Gasteiger partial charge < -0.3 is 0 Å². The van der Waals surface area contributed by atoms with Crippen LogP contribution in [0.5, 0.6) is 0 Å². The molecule has 0 aromatic carbocycles. The Bertz CT molecular complexity index is 69.3. The Kier molecular flexibility index (Phi) is 3.01. The van der Waals surface area contributed by atoms with E-state index >= 15 is 0 Å². The number of hydrogen-bond donors (Lipinski definition) is 1. The summed E-state index contributed by atoms with van der Waals surface area (Å²) in [5, 5.41) is 2.25. The van der Waals surface area contributed by atoms with Gasteiger partial charge >= 0.3 is 0 Å². The van der Waals surface area contributed by atoms with Crippen molar-refractivity contribution in [3.05, 3.63) is 0 Å². The second-order valence-electron chi connectivity index (χ2n) is 2.64. The van der Waals surface area contributed by atoms with Gasteiger partial charge in [-0.3, -0.25) is 0 Å². The van der Waals surface area contributed by atoms with E-state index in [0.29, 0.717) is 0 Å². The number of hydrogen-bond acceptors (Lipinski definition) is 2. The highest BCUT2D eigenvalue weighted by Gasteiger charge is 2.13. The predicted octanol–water partition coefficient (Wildman–Crippen LogP) is 1.34. The van der Waals surface area contributed by atoms with E-state index in [-0.39, 0.29) is 0 Å². The summed E-state index contributed by atoms with van der Waals surface area (Å²) in [5.74, 6) is 0. The first-order chi connectivity index (χ1) is 4.43. The van der Waals surface area contributed by atoms with E-state index in [4.69, 9.17) is 0 Å². The predicted molar refractivity (Wildman–Crippen MR) is 38.9 cm³/mol. The molecule has 1 fully saturated rings. The second kappa shape index (κ2) is 3.85. The van der Waals surface area contributed by atoms with E-state index in [2.05, 4.69) is 17.4 Å². The van der Waals surface area contributed by atoms with E-state index in [1.54, 1.807) is 0 Å². The zero-order valence-corrected chi connectivity index (χ0v) is 6.19. The zero-order chi connectivity index (χ0) is 6.53. The van der Waals surface area contributed by atoms with Gasteiger partial charge in [0.05, 0.1) is 6.67 Å². The van der Waals surface area contributed by atoms with Crippen molar-refractivity contribution in [3.63, 3.8) is 0 Å². The van der Waals surface area contributed by atoms with Crippen LogP contribution in [0.15, 0.2) is 0 Å². The largest absolute Gasteiger partial charge is 0.238 e. The van der Waals surface area contributed by atoms with Gasteiger partial charge in [-0.2, -0.15) is 0 Å². The molecule has 2 heteroatoms. The average Bonchev–Trinajstić information content (AvgIpc) is 2.63. The van der Waals surface area contributed by atoms with Crippen molar-refractivity contribution in [2.45, 2.75) is 32.6 Å². The molecule has 1 saturated heterocycles. The van der Waals surface area contributed by atoms with Crippen molar-refractivity contribution < 1.29 is 0 Å². The van der Waals surface area contributed by atoms with Crippen LogP contribution in [0.4, 0.5) is 0 Å². The first-order valence-electron chi connectivity index (χ1n) is 3.92. The van der Waals surface area contributed by atoms with Crippen molar-refractivity contribution in [1.82, 2.24) is 10.4 Å². The summed E-state index contributed by atoms with van der Waals surface area (Å²) >= 11 is 0.